The Bertz CT molecular complexity index is 955. The molecular formula is C58H113NO5. The molecule has 0 aliphatic heterocycles. The second kappa shape index (κ2) is 54.2. The van der Waals surface area contributed by atoms with Crippen molar-refractivity contribution < 1.29 is 24.5 Å². The Morgan fingerprint density at radius 1 is 0.422 bits per heavy atom. The first-order valence-electron chi connectivity index (χ1n) is 28.9. The number of carbonyl (C=O) groups is 2. The Morgan fingerprint density at radius 2 is 0.734 bits per heavy atom. The first-order chi connectivity index (χ1) is 31.5. The highest BCUT2D eigenvalue weighted by Crippen LogP contribution is 2.17. The number of esters is 1. The van der Waals surface area contributed by atoms with E-state index < -0.39 is 12.1 Å². The van der Waals surface area contributed by atoms with Gasteiger partial charge in [0, 0.05) is 12.8 Å². The number of amides is 1. The van der Waals surface area contributed by atoms with E-state index in [0.29, 0.717) is 25.9 Å². The summed E-state index contributed by atoms with van der Waals surface area (Å²) in [5, 5.41) is 23.3. The topological polar surface area (TPSA) is 95.9 Å². The molecule has 1 amide bonds. The number of carbonyl (C=O) groups excluding carboxylic acids is 2. The van der Waals surface area contributed by atoms with Crippen molar-refractivity contribution in [2.45, 2.75) is 334 Å². The molecule has 0 saturated heterocycles. The Morgan fingerprint density at radius 3 is 1.11 bits per heavy atom. The maximum absolute atomic E-state index is 12.5. The van der Waals surface area contributed by atoms with E-state index in [4.69, 9.17) is 4.74 Å². The lowest BCUT2D eigenvalue weighted by molar-refractivity contribution is -0.143. The lowest BCUT2D eigenvalue weighted by Gasteiger charge is -2.22. The highest BCUT2D eigenvalue weighted by atomic mass is 16.5. The molecule has 0 aromatic carbocycles. The minimum atomic E-state index is -0.671. The van der Waals surface area contributed by atoms with E-state index in [1.807, 2.05) is 0 Å². The van der Waals surface area contributed by atoms with Crippen LogP contribution in [0.4, 0.5) is 0 Å². The van der Waals surface area contributed by atoms with E-state index in [2.05, 4.69) is 31.3 Å². The third kappa shape index (κ3) is 50.0. The van der Waals surface area contributed by atoms with Crippen molar-refractivity contribution in [1.82, 2.24) is 5.32 Å². The molecule has 3 N–H and O–H groups in total. The van der Waals surface area contributed by atoms with Crippen LogP contribution >= 0.6 is 0 Å². The normalized spacial score (nSPS) is 12.6. The highest BCUT2D eigenvalue weighted by molar-refractivity contribution is 5.76. The minimum absolute atomic E-state index is 0.000338. The highest BCUT2D eigenvalue weighted by Gasteiger charge is 2.20. The number of aliphatic hydroxyl groups excluding tert-OH is 2. The molecule has 0 fully saturated rings. The largest absolute Gasteiger partial charge is 0.466 e. The van der Waals surface area contributed by atoms with Gasteiger partial charge in [0.25, 0.3) is 0 Å². The predicted octanol–water partition coefficient (Wildman–Crippen LogP) is 17.7. The van der Waals surface area contributed by atoms with Gasteiger partial charge in [-0.2, -0.15) is 0 Å². The number of unbranched alkanes of at least 4 members (excludes halogenated alkanes) is 41. The van der Waals surface area contributed by atoms with Gasteiger partial charge in [0.1, 0.15) is 0 Å². The van der Waals surface area contributed by atoms with Crippen LogP contribution in [0, 0.1) is 0 Å². The van der Waals surface area contributed by atoms with Crippen molar-refractivity contribution in [3.05, 3.63) is 12.2 Å². The molecule has 2 atom stereocenters. The Kier molecular flexibility index (Phi) is 53.0. The zero-order valence-electron chi connectivity index (χ0n) is 43.3. The van der Waals surface area contributed by atoms with Crippen LogP contribution in [-0.2, 0) is 14.3 Å². The van der Waals surface area contributed by atoms with Gasteiger partial charge in [-0.25, -0.2) is 0 Å². The summed E-state index contributed by atoms with van der Waals surface area (Å²) < 4.78 is 5.46. The zero-order chi connectivity index (χ0) is 46.5. The molecule has 64 heavy (non-hydrogen) atoms. The van der Waals surface area contributed by atoms with E-state index >= 15 is 0 Å². The summed E-state index contributed by atoms with van der Waals surface area (Å²) in [7, 11) is 0. The molecule has 6 nitrogen and oxygen atoms in total. The van der Waals surface area contributed by atoms with Gasteiger partial charge < -0.3 is 20.3 Å². The van der Waals surface area contributed by atoms with E-state index in [0.717, 1.165) is 51.4 Å². The van der Waals surface area contributed by atoms with Crippen LogP contribution in [0.15, 0.2) is 12.2 Å². The molecular weight excluding hydrogens is 791 g/mol. The van der Waals surface area contributed by atoms with Crippen LogP contribution in [0.5, 0.6) is 0 Å². The molecule has 0 saturated carbocycles. The van der Waals surface area contributed by atoms with Crippen LogP contribution in [0.25, 0.3) is 0 Å². The van der Waals surface area contributed by atoms with Gasteiger partial charge >= 0.3 is 5.97 Å². The summed E-state index contributed by atoms with van der Waals surface area (Å²) >= 11 is 0. The third-order valence-electron chi connectivity index (χ3n) is 13.6. The molecule has 0 spiro atoms. The van der Waals surface area contributed by atoms with Gasteiger partial charge in [-0.05, 0) is 51.4 Å². The number of allylic oxidation sites excluding steroid dienone is 2. The molecule has 0 aromatic heterocycles. The van der Waals surface area contributed by atoms with E-state index in [9.17, 15) is 19.8 Å². The average Bonchev–Trinajstić information content (AvgIpc) is 3.29. The molecule has 0 heterocycles. The van der Waals surface area contributed by atoms with Crippen LogP contribution < -0.4 is 5.32 Å². The third-order valence-corrected chi connectivity index (χ3v) is 13.6. The van der Waals surface area contributed by atoms with Crippen LogP contribution in [0.1, 0.15) is 322 Å². The Hall–Kier alpha value is -1.40. The monoisotopic (exact) mass is 904 g/mol. The van der Waals surface area contributed by atoms with Crippen LogP contribution in [0.3, 0.4) is 0 Å². The second-order valence-corrected chi connectivity index (χ2v) is 20.0. The molecule has 0 aromatic rings. The van der Waals surface area contributed by atoms with Crippen molar-refractivity contribution in [1.29, 1.82) is 0 Å². The lowest BCUT2D eigenvalue weighted by atomic mass is 10.0. The molecule has 0 bridgehead atoms. The van der Waals surface area contributed by atoms with E-state index in [1.165, 1.54) is 238 Å². The quantitative estimate of drug-likeness (QED) is 0.0321. The predicted molar refractivity (Wildman–Crippen MR) is 278 cm³/mol. The van der Waals surface area contributed by atoms with Gasteiger partial charge in [0.05, 0.1) is 25.4 Å². The van der Waals surface area contributed by atoms with Gasteiger partial charge in [0.15, 0.2) is 0 Å². The summed E-state index contributed by atoms with van der Waals surface area (Å²) in [6.45, 7) is 4.95. The zero-order valence-corrected chi connectivity index (χ0v) is 43.3. The molecule has 0 radical (unpaired) electrons. The fourth-order valence-electron chi connectivity index (χ4n) is 9.11. The number of nitrogens with one attached hydrogen (secondary N) is 1. The van der Waals surface area contributed by atoms with Gasteiger partial charge in [-0.3, -0.25) is 9.59 Å². The van der Waals surface area contributed by atoms with Crippen molar-refractivity contribution in [2.24, 2.45) is 0 Å². The Balaban J connectivity index is 3.45. The maximum atomic E-state index is 12.5. The molecule has 380 valence electrons. The van der Waals surface area contributed by atoms with Crippen molar-refractivity contribution in [3.63, 3.8) is 0 Å². The van der Waals surface area contributed by atoms with Crippen LogP contribution in [-0.4, -0.2) is 47.4 Å². The first-order valence-corrected chi connectivity index (χ1v) is 28.9. The van der Waals surface area contributed by atoms with Crippen molar-refractivity contribution in [2.75, 3.05) is 13.2 Å². The van der Waals surface area contributed by atoms with Gasteiger partial charge in [-0.15, -0.1) is 0 Å². The smallest absolute Gasteiger partial charge is 0.305 e. The molecule has 0 rings (SSSR count). The van der Waals surface area contributed by atoms with E-state index in [-0.39, 0.29) is 18.5 Å². The summed E-state index contributed by atoms with van der Waals surface area (Å²) in [6, 6.07) is -0.550. The number of hydrogen-bond donors (Lipinski definition) is 3. The fraction of sp³-hybridized carbons (Fsp3) is 0.931. The molecule has 0 aliphatic rings. The summed E-state index contributed by atoms with van der Waals surface area (Å²) in [4.78, 5) is 24.5. The number of aliphatic hydroxyl groups is 2. The molecule has 0 aliphatic carbocycles. The average molecular weight is 905 g/mol. The van der Waals surface area contributed by atoms with Gasteiger partial charge in [0.2, 0.25) is 5.91 Å². The van der Waals surface area contributed by atoms with Crippen molar-refractivity contribution >= 4 is 11.9 Å². The second-order valence-electron chi connectivity index (χ2n) is 20.0. The maximum Gasteiger partial charge on any atom is 0.305 e. The summed E-state index contributed by atoms with van der Waals surface area (Å²) in [5.41, 5.74) is 0. The standard InChI is InChI=1S/C58H113NO5/c1-3-5-7-9-11-13-15-17-18-20-23-27-30-34-38-42-46-50-56(61)55(54-60)59-57(62)51-47-43-39-35-31-28-24-21-19-22-25-29-33-37-41-45-49-53-64-58(63)52-48-44-40-36-32-26-16-14-12-10-8-6-4-2/h19,22,55-56,60-61H,3-18,20-21,23-54H2,1-2H3,(H,59,62)/b22-19-. The van der Waals surface area contributed by atoms with Gasteiger partial charge in [-0.1, -0.05) is 270 Å². The first kappa shape index (κ1) is 62.6. The summed E-state index contributed by atoms with van der Waals surface area (Å²) in [5.74, 6) is -0.0441. The number of ether oxygens (including phenoxy) is 1. The summed E-state index contributed by atoms with van der Waals surface area (Å²) in [6.07, 6.45) is 63.4. The number of rotatable bonds is 54. The Labute approximate surface area is 399 Å². The minimum Gasteiger partial charge on any atom is -0.466 e. The lowest BCUT2D eigenvalue weighted by Crippen LogP contribution is -2.45. The number of hydrogen-bond acceptors (Lipinski definition) is 5. The fourth-order valence-corrected chi connectivity index (χ4v) is 9.11. The van der Waals surface area contributed by atoms with E-state index in [1.54, 1.807) is 0 Å². The van der Waals surface area contributed by atoms with Crippen molar-refractivity contribution in [3.8, 4) is 0 Å². The molecule has 2 unspecified atom stereocenters. The molecule has 6 heteroatoms. The SMILES string of the molecule is CCCCCCCCCCCCCCCCCCCC(O)C(CO)NC(=O)CCCCCCCCC/C=C\CCCCCCCCOC(=O)CCCCCCCCCCCCCCC. The van der Waals surface area contributed by atoms with Crippen LogP contribution in [0.2, 0.25) is 0 Å².